The van der Waals surface area contributed by atoms with Gasteiger partial charge in [0.05, 0.1) is 18.6 Å². The summed E-state index contributed by atoms with van der Waals surface area (Å²) in [7, 11) is 1.36. The third kappa shape index (κ3) is 5.10. The van der Waals surface area contributed by atoms with E-state index in [1.54, 1.807) is 12.1 Å². The van der Waals surface area contributed by atoms with E-state index in [0.29, 0.717) is 25.3 Å². The fourth-order valence-corrected chi connectivity index (χ4v) is 3.43. The standard InChI is InChI=1S/C22H25NO5/c1-27-22(26)17-10-8-16(9-11-17)15-28-20-7-3-2-5-18(20)13-23-12-4-6-19(14-23)21(24)25/h2-3,5,7-11,19H,4,6,12-15H2,1H3,(H,24,25). The molecular weight excluding hydrogens is 358 g/mol. The van der Waals surface area contributed by atoms with E-state index in [4.69, 9.17) is 9.47 Å². The van der Waals surface area contributed by atoms with Gasteiger partial charge in [-0.2, -0.15) is 0 Å². The Morgan fingerprint density at radius 3 is 2.61 bits per heavy atom. The number of methoxy groups -OCH3 is 1. The maximum Gasteiger partial charge on any atom is 0.337 e. The Bertz CT molecular complexity index is 818. The van der Waals surface area contributed by atoms with E-state index in [0.717, 1.165) is 36.3 Å². The molecule has 1 fully saturated rings. The van der Waals surface area contributed by atoms with Gasteiger partial charge in [-0.15, -0.1) is 0 Å². The maximum absolute atomic E-state index is 11.5. The van der Waals surface area contributed by atoms with Gasteiger partial charge in [-0.1, -0.05) is 30.3 Å². The molecule has 1 aliphatic rings. The second-order valence-corrected chi connectivity index (χ2v) is 7.00. The zero-order chi connectivity index (χ0) is 19.9. The summed E-state index contributed by atoms with van der Waals surface area (Å²) in [5, 5.41) is 9.28. The summed E-state index contributed by atoms with van der Waals surface area (Å²) in [4.78, 5) is 25.0. The van der Waals surface area contributed by atoms with Crippen molar-refractivity contribution in [2.45, 2.75) is 26.0 Å². The first kappa shape index (κ1) is 19.9. The van der Waals surface area contributed by atoms with E-state index in [1.165, 1.54) is 7.11 Å². The summed E-state index contributed by atoms with van der Waals surface area (Å²) in [5.41, 5.74) is 2.50. The van der Waals surface area contributed by atoms with Crippen molar-refractivity contribution in [3.8, 4) is 5.75 Å². The van der Waals surface area contributed by atoms with Gasteiger partial charge in [0.2, 0.25) is 0 Å². The van der Waals surface area contributed by atoms with Crippen LogP contribution in [-0.2, 0) is 22.7 Å². The Kier molecular flexibility index (Phi) is 6.66. The molecule has 0 aromatic heterocycles. The van der Waals surface area contributed by atoms with Crippen LogP contribution in [0.1, 0.15) is 34.3 Å². The Morgan fingerprint density at radius 2 is 1.89 bits per heavy atom. The Hall–Kier alpha value is -2.86. The third-order valence-electron chi connectivity index (χ3n) is 4.99. The second-order valence-electron chi connectivity index (χ2n) is 7.00. The normalized spacial score (nSPS) is 17.1. The summed E-state index contributed by atoms with van der Waals surface area (Å²) in [6.45, 7) is 2.52. The molecule has 1 atom stereocenters. The minimum atomic E-state index is -0.718. The number of likely N-dealkylation sites (tertiary alicyclic amines) is 1. The SMILES string of the molecule is COC(=O)c1ccc(COc2ccccc2CN2CCCC(C(=O)O)C2)cc1. The summed E-state index contributed by atoms with van der Waals surface area (Å²) >= 11 is 0. The van der Waals surface area contributed by atoms with Crippen LogP contribution in [0.2, 0.25) is 0 Å². The minimum absolute atomic E-state index is 0.296. The largest absolute Gasteiger partial charge is 0.489 e. The molecule has 1 aliphatic heterocycles. The quantitative estimate of drug-likeness (QED) is 0.739. The highest BCUT2D eigenvalue weighted by molar-refractivity contribution is 5.89. The number of rotatable bonds is 7. The number of hydrogen-bond donors (Lipinski definition) is 1. The van der Waals surface area contributed by atoms with Crippen molar-refractivity contribution in [3.05, 3.63) is 65.2 Å². The van der Waals surface area contributed by atoms with Crippen molar-refractivity contribution < 1.29 is 24.2 Å². The Morgan fingerprint density at radius 1 is 1.14 bits per heavy atom. The number of piperidine rings is 1. The molecular formula is C22H25NO5. The number of aliphatic carboxylic acids is 1. The highest BCUT2D eigenvalue weighted by atomic mass is 16.5. The van der Waals surface area contributed by atoms with Crippen molar-refractivity contribution in [3.63, 3.8) is 0 Å². The molecule has 148 valence electrons. The molecule has 2 aromatic rings. The molecule has 1 unspecified atom stereocenters. The van der Waals surface area contributed by atoms with E-state index < -0.39 is 5.97 Å². The lowest BCUT2D eigenvalue weighted by Gasteiger charge is -2.31. The van der Waals surface area contributed by atoms with Crippen LogP contribution in [0.25, 0.3) is 0 Å². The van der Waals surface area contributed by atoms with Gasteiger partial charge in [0.15, 0.2) is 0 Å². The second kappa shape index (κ2) is 9.37. The fraction of sp³-hybridized carbons (Fsp3) is 0.364. The molecule has 0 amide bonds. The molecule has 1 saturated heterocycles. The fourth-order valence-electron chi connectivity index (χ4n) is 3.43. The Balaban J connectivity index is 1.62. The van der Waals surface area contributed by atoms with Crippen LogP contribution in [0.4, 0.5) is 0 Å². The predicted molar refractivity (Wildman–Crippen MR) is 104 cm³/mol. The van der Waals surface area contributed by atoms with E-state index >= 15 is 0 Å². The lowest BCUT2D eigenvalue weighted by Crippen LogP contribution is -2.38. The van der Waals surface area contributed by atoms with Crippen LogP contribution in [0, 0.1) is 5.92 Å². The highest BCUT2D eigenvalue weighted by Crippen LogP contribution is 2.24. The van der Waals surface area contributed by atoms with Gasteiger partial charge in [-0.05, 0) is 43.1 Å². The maximum atomic E-state index is 11.5. The summed E-state index contributed by atoms with van der Waals surface area (Å²) < 4.78 is 10.7. The number of hydrogen-bond acceptors (Lipinski definition) is 5. The molecule has 0 spiro atoms. The third-order valence-corrected chi connectivity index (χ3v) is 4.99. The number of para-hydroxylation sites is 1. The average molecular weight is 383 g/mol. The van der Waals surface area contributed by atoms with Crippen LogP contribution in [0.3, 0.4) is 0 Å². The lowest BCUT2D eigenvalue weighted by molar-refractivity contribution is -0.143. The number of carbonyl (C=O) groups excluding carboxylic acids is 1. The van der Waals surface area contributed by atoms with Gasteiger partial charge in [0.1, 0.15) is 12.4 Å². The van der Waals surface area contributed by atoms with Crippen LogP contribution in [0.15, 0.2) is 48.5 Å². The average Bonchev–Trinajstić information content (AvgIpc) is 2.73. The molecule has 28 heavy (non-hydrogen) atoms. The monoisotopic (exact) mass is 383 g/mol. The van der Waals surface area contributed by atoms with E-state index in [-0.39, 0.29) is 11.9 Å². The number of nitrogens with zero attached hydrogens (tertiary/aromatic N) is 1. The van der Waals surface area contributed by atoms with Gasteiger partial charge in [-0.3, -0.25) is 9.69 Å². The first-order valence-electron chi connectivity index (χ1n) is 9.40. The summed E-state index contributed by atoms with van der Waals surface area (Å²) in [6, 6.07) is 15.0. The summed E-state index contributed by atoms with van der Waals surface area (Å²) in [5.74, 6) is -0.587. The number of ether oxygens (including phenoxy) is 2. The highest BCUT2D eigenvalue weighted by Gasteiger charge is 2.25. The zero-order valence-corrected chi connectivity index (χ0v) is 16.0. The van der Waals surface area contributed by atoms with Crippen LogP contribution in [0.5, 0.6) is 5.75 Å². The van der Waals surface area contributed by atoms with Gasteiger partial charge >= 0.3 is 11.9 Å². The molecule has 6 heteroatoms. The summed E-state index contributed by atoms with van der Waals surface area (Å²) in [6.07, 6.45) is 1.64. The topological polar surface area (TPSA) is 76.1 Å². The smallest absolute Gasteiger partial charge is 0.337 e. The molecule has 0 saturated carbocycles. The first-order chi connectivity index (χ1) is 13.6. The lowest BCUT2D eigenvalue weighted by atomic mass is 9.98. The molecule has 6 nitrogen and oxygen atoms in total. The number of esters is 1. The van der Waals surface area contributed by atoms with Crippen LogP contribution < -0.4 is 4.74 Å². The molecule has 1 N–H and O–H groups in total. The van der Waals surface area contributed by atoms with Crippen molar-refractivity contribution in [1.82, 2.24) is 4.90 Å². The van der Waals surface area contributed by atoms with Gasteiger partial charge in [-0.25, -0.2) is 4.79 Å². The van der Waals surface area contributed by atoms with Gasteiger partial charge in [0.25, 0.3) is 0 Å². The van der Waals surface area contributed by atoms with E-state index in [2.05, 4.69) is 4.90 Å². The molecule has 0 aliphatic carbocycles. The van der Waals surface area contributed by atoms with Crippen LogP contribution in [-0.4, -0.2) is 42.1 Å². The molecule has 1 heterocycles. The first-order valence-corrected chi connectivity index (χ1v) is 9.40. The van der Waals surface area contributed by atoms with Crippen molar-refractivity contribution in [2.24, 2.45) is 5.92 Å². The number of carboxylic acid groups (broad SMARTS) is 1. The van der Waals surface area contributed by atoms with E-state index in [9.17, 15) is 14.7 Å². The molecule has 3 rings (SSSR count). The van der Waals surface area contributed by atoms with Crippen molar-refractivity contribution >= 4 is 11.9 Å². The Labute approximate surface area is 164 Å². The van der Waals surface area contributed by atoms with Crippen LogP contribution >= 0.6 is 0 Å². The van der Waals surface area contributed by atoms with Gasteiger partial charge in [0, 0.05) is 18.7 Å². The minimum Gasteiger partial charge on any atom is -0.489 e. The van der Waals surface area contributed by atoms with E-state index in [1.807, 2.05) is 36.4 Å². The number of carbonyl (C=O) groups is 2. The molecule has 0 bridgehead atoms. The molecule has 0 radical (unpaired) electrons. The van der Waals surface area contributed by atoms with Gasteiger partial charge < -0.3 is 14.6 Å². The van der Waals surface area contributed by atoms with Crippen molar-refractivity contribution in [1.29, 1.82) is 0 Å². The van der Waals surface area contributed by atoms with Crippen molar-refractivity contribution in [2.75, 3.05) is 20.2 Å². The molecule has 2 aromatic carbocycles. The number of benzene rings is 2. The zero-order valence-electron chi connectivity index (χ0n) is 16.0. The number of carboxylic acids is 1. The predicted octanol–water partition coefficient (Wildman–Crippen LogP) is 3.35.